The fourth-order valence-corrected chi connectivity index (χ4v) is 2.40. The van der Waals surface area contributed by atoms with Crippen molar-refractivity contribution in [2.75, 3.05) is 0 Å². The molecule has 0 atom stereocenters. The number of carbonyl (C=O) groups is 1. The molecule has 0 saturated heterocycles. The highest BCUT2D eigenvalue weighted by atomic mass is 16.3. The quantitative estimate of drug-likeness (QED) is 0.582. The Bertz CT molecular complexity index is 980. The molecule has 0 aliphatic carbocycles. The normalized spacial score (nSPS) is 10.6. The van der Waals surface area contributed by atoms with E-state index in [0.29, 0.717) is 28.2 Å². The van der Waals surface area contributed by atoms with Gasteiger partial charge < -0.3 is 4.42 Å². The summed E-state index contributed by atoms with van der Waals surface area (Å²) in [5.41, 5.74) is 5.18. The van der Waals surface area contributed by atoms with Crippen LogP contribution < -0.4 is 5.43 Å². The number of furan rings is 1. The molecule has 2 aromatic carbocycles. The third kappa shape index (κ3) is 3.65. The van der Waals surface area contributed by atoms with Gasteiger partial charge in [-0.1, -0.05) is 30.3 Å². The van der Waals surface area contributed by atoms with Gasteiger partial charge in [0.2, 0.25) is 0 Å². The zero-order valence-corrected chi connectivity index (χ0v) is 13.6. The van der Waals surface area contributed by atoms with Crippen molar-refractivity contribution in [3.8, 4) is 17.4 Å². The van der Waals surface area contributed by atoms with Crippen LogP contribution in [0.3, 0.4) is 0 Å². The van der Waals surface area contributed by atoms with Crippen molar-refractivity contribution in [3.63, 3.8) is 0 Å². The first-order valence-electron chi connectivity index (χ1n) is 7.67. The van der Waals surface area contributed by atoms with Crippen molar-refractivity contribution >= 4 is 12.1 Å². The van der Waals surface area contributed by atoms with Crippen LogP contribution >= 0.6 is 0 Å². The van der Waals surface area contributed by atoms with Crippen LogP contribution in [0.4, 0.5) is 0 Å². The number of benzene rings is 2. The van der Waals surface area contributed by atoms with Crippen molar-refractivity contribution in [1.82, 2.24) is 5.43 Å². The maximum atomic E-state index is 12.1. The molecule has 0 saturated carbocycles. The van der Waals surface area contributed by atoms with E-state index in [0.717, 1.165) is 5.56 Å². The van der Waals surface area contributed by atoms with Crippen molar-refractivity contribution in [2.45, 2.75) is 6.92 Å². The van der Waals surface area contributed by atoms with E-state index in [1.807, 2.05) is 31.2 Å². The van der Waals surface area contributed by atoms with Gasteiger partial charge in [-0.05, 0) is 42.8 Å². The lowest BCUT2D eigenvalue weighted by molar-refractivity contribution is 0.0954. The van der Waals surface area contributed by atoms with Gasteiger partial charge in [0, 0.05) is 11.1 Å². The van der Waals surface area contributed by atoms with Gasteiger partial charge in [0.25, 0.3) is 5.91 Å². The lowest BCUT2D eigenvalue weighted by Crippen LogP contribution is -2.18. The maximum Gasteiger partial charge on any atom is 0.271 e. The Kier molecular flexibility index (Phi) is 4.72. The molecule has 0 spiro atoms. The van der Waals surface area contributed by atoms with Crippen molar-refractivity contribution in [3.05, 3.63) is 83.1 Å². The monoisotopic (exact) mass is 329 g/mol. The van der Waals surface area contributed by atoms with Gasteiger partial charge in [-0.25, -0.2) is 5.43 Å². The predicted molar refractivity (Wildman–Crippen MR) is 95.1 cm³/mol. The second-order valence-electron chi connectivity index (χ2n) is 5.37. The molecule has 1 amide bonds. The smallest absolute Gasteiger partial charge is 0.271 e. The first-order valence-corrected chi connectivity index (χ1v) is 7.67. The standard InChI is InChI=1S/C20H15N3O2/c1-14-6-2-4-8-17(14)20(24)23-22-13-16-10-11-19(25-16)18-9-5-3-7-15(18)12-21/h2-11,13H,1H3,(H,23,24)/b22-13+. The summed E-state index contributed by atoms with van der Waals surface area (Å²) in [7, 11) is 0. The summed E-state index contributed by atoms with van der Waals surface area (Å²) in [6, 6.07) is 20.1. The summed E-state index contributed by atoms with van der Waals surface area (Å²) in [4.78, 5) is 12.1. The second-order valence-corrected chi connectivity index (χ2v) is 5.37. The van der Waals surface area contributed by atoms with Gasteiger partial charge in [0.1, 0.15) is 11.5 Å². The molecule has 0 fully saturated rings. The minimum absolute atomic E-state index is 0.282. The molecular weight excluding hydrogens is 314 g/mol. The Morgan fingerprint density at radius 2 is 1.88 bits per heavy atom. The first-order chi connectivity index (χ1) is 12.2. The number of carbonyl (C=O) groups excluding carboxylic acids is 1. The number of rotatable bonds is 4. The zero-order chi connectivity index (χ0) is 17.6. The highest BCUT2D eigenvalue weighted by Crippen LogP contribution is 2.24. The zero-order valence-electron chi connectivity index (χ0n) is 13.6. The molecule has 0 aliphatic heterocycles. The van der Waals surface area contributed by atoms with E-state index in [1.54, 1.807) is 36.4 Å². The minimum Gasteiger partial charge on any atom is -0.455 e. The number of aryl methyl sites for hydroxylation is 1. The molecule has 5 nitrogen and oxygen atoms in total. The third-order valence-electron chi connectivity index (χ3n) is 3.69. The van der Waals surface area contributed by atoms with E-state index in [1.165, 1.54) is 6.21 Å². The molecule has 5 heteroatoms. The van der Waals surface area contributed by atoms with Crippen LogP contribution in [0.25, 0.3) is 11.3 Å². The average molecular weight is 329 g/mol. The van der Waals surface area contributed by atoms with Crippen LogP contribution in [0.5, 0.6) is 0 Å². The second kappa shape index (κ2) is 7.28. The van der Waals surface area contributed by atoms with Crippen LogP contribution in [0, 0.1) is 18.3 Å². The lowest BCUT2D eigenvalue weighted by atomic mass is 10.1. The molecule has 122 valence electrons. The molecular formula is C20H15N3O2. The van der Waals surface area contributed by atoms with Crippen LogP contribution in [0.15, 0.2) is 70.2 Å². The number of nitrogens with zero attached hydrogens (tertiary/aromatic N) is 2. The summed E-state index contributed by atoms with van der Waals surface area (Å²) in [5.74, 6) is 0.771. The van der Waals surface area contributed by atoms with Gasteiger partial charge >= 0.3 is 0 Å². The van der Waals surface area contributed by atoms with E-state index in [-0.39, 0.29) is 5.91 Å². The fourth-order valence-electron chi connectivity index (χ4n) is 2.40. The van der Waals surface area contributed by atoms with E-state index >= 15 is 0 Å². The number of nitriles is 1. The van der Waals surface area contributed by atoms with Crippen LogP contribution in [-0.4, -0.2) is 12.1 Å². The molecule has 25 heavy (non-hydrogen) atoms. The van der Waals surface area contributed by atoms with Gasteiger partial charge in [-0.3, -0.25) is 4.79 Å². The molecule has 1 aromatic heterocycles. The van der Waals surface area contributed by atoms with E-state index in [2.05, 4.69) is 16.6 Å². The number of hydrogen-bond acceptors (Lipinski definition) is 4. The maximum absolute atomic E-state index is 12.1. The molecule has 3 rings (SSSR count). The van der Waals surface area contributed by atoms with Crippen molar-refractivity contribution in [2.24, 2.45) is 5.10 Å². The molecule has 0 unspecified atom stereocenters. The van der Waals surface area contributed by atoms with Crippen LogP contribution in [0.2, 0.25) is 0 Å². The molecule has 1 heterocycles. The van der Waals surface area contributed by atoms with Gasteiger partial charge in [-0.15, -0.1) is 0 Å². The Morgan fingerprint density at radius 3 is 2.68 bits per heavy atom. The number of hydrazone groups is 1. The molecule has 0 aliphatic rings. The highest BCUT2D eigenvalue weighted by Gasteiger charge is 2.09. The van der Waals surface area contributed by atoms with E-state index < -0.39 is 0 Å². The summed E-state index contributed by atoms with van der Waals surface area (Å²) in [6.07, 6.45) is 1.43. The summed E-state index contributed by atoms with van der Waals surface area (Å²) in [5, 5.41) is 13.1. The predicted octanol–water partition coefficient (Wildman–Crippen LogP) is 3.89. The topological polar surface area (TPSA) is 78.4 Å². The molecule has 0 radical (unpaired) electrons. The fraction of sp³-hybridized carbons (Fsp3) is 0.0500. The first kappa shape index (κ1) is 16.2. The van der Waals surface area contributed by atoms with Gasteiger partial charge in [-0.2, -0.15) is 10.4 Å². The van der Waals surface area contributed by atoms with Crippen molar-refractivity contribution < 1.29 is 9.21 Å². The Labute approximate surface area is 145 Å². The van der Waals surface area contributed by atoms with E-state index in [9.17, 15) is 4.79 Å². The third-order valence-corrected chi connectivity index (χ3v) is 3.69. The minimum atomic E-state index is -0.282. The lowest BCUT2D eigenvalue weighted by Gasteiger charge is -2.02. The largest absolute Gasteiger partial charge is 0.455 e. The summed E-state index contributed by atoms with van der Waals surface area (Å²) in [6.45, 7) is 1.87. The Morgan fingerprint density at radius 1 is 1.12 bits per heavy atom. The Balaban J connectivity index is 1.72. The highest BCUT2D eigenvalue weighted by molar-refractivity contribution is 5.96. The molecule has 3 aromatic rings. The number of amides is 1. The number of nitrogens with one attached hydrogen (secondary N) is 1. The average Bonchev–Trinajstić information content (AvgIpc) is 3.10. The molecule has 0 bridgehead atoms. The van der Waals surface area contributed by atoms with Gasteiger partial charge in [0.15, 0.2) is 0 Å². The molecule has 1 N–H and O–H groups in total. The SMILES string of the molecule is Cc1ccccc1C(=O)N/N=C/c1ccc(-c2ccccc2C#N)o1. The van der Waals surface area contributed by atoms with Crippen LogP contribution in [0.1, 0.15) is 27.2 Å². The number of hydrogen-bond donors (Lipinski definition) is 1. The van der Waals surface area contributed by atoms with Crippen molar-refractivity contribution in [1.29, 1.82) is 5.26 Å². The van der Waals surface area contributed by atoms with Crippen LogP contribution in [-0.2, 0) is 0 Å². The van der Waals surface area contributed by atoms with Gasteiger partial charge in [0.05, 0.1) is 17.8 Å². The summed E-state index contributed by atoms with van der Waals surface area (Å²) < 4.78 is 5.67. The Hall–Kier alpha value is -3.65. The van der Waals surface area contributed by atoms with E-state index in [4.69, 9.17) is 9.68 Å². The summed E-state index contributed by atoms with van der Waals surface area (Å²) >= 11 is 0.